The average Bonchev–Trinajstić information content (AvgIpc) is 3.01. The molecule has 0 radical (unpaired) electrons. The molecule has 3 N–H and O–H groups in total. The topological polar surface area (TPSA) is 78.5 Å². The van der Waals surface area contributed by atoms with Crippen molar-refractivity contribution in [1.29, 1.82) is 0 Å². The van der Waals surface area contributed by atoms with Crippen molar-refractivity contribution in [3.8, 4) is 5.75 Å². The normalized spacial score (nSPS) is 11.5. The first-order valence-corrected chi connectivity index (χ1v) is 15.3. The minimum atomic E-state index is -0.302. The number of nitrogens with zero attached hydrogens (tertiary/aromatic N) is 2. The van der Waals surface area contributed by atoms with E-state index in [0.717, 1.165) is 89.9 Å². The molecule has 1 amide bonds. The molecule has 0 unspecified atom stereocenters. The maximum atomic E-state index is 13.0. The number of rotatable bonds is 16. The van der Waals surface area contributed by atoms with E-state index in [-0.39, 0.29) is 11.7 Å². The quantitative estimate of drug-likeness (QED) is 0.0704. The highest BCUT2D eigenvalue weighted by molar-refractivity contribution is 6.31. The van der Waals surface area contributed by atoms with E-state index in [9.17, 15) is 9.18 Å². The fourth-order valence-electron chi connectivity index (χ4n) is 4.98. The van der Waals surface area contributed by atoms with Crippen molar-refractivity contribution in [1.82, 2.24) is 15.2 Å². The average molecular weight is 606 g/mol. The molecule has 0 atom stereocenters. The number of anilines is 2. The Hall–Kier alpha value is -3.88. The number of ether oxygens (including phenoxy) is 1. The number of halogens is 2. The van der Waals surface area contributed by atoms with E-state index >= 15 is 0 Å². The number of pyridine rings is 1. The molecular formula is C34H41ClFN5O2. The van der Waals surface area contributed by atoms with Gasteiger partial charge in [0.15, 0.2) is 0 Å². The van der Waals surface area contributed by atoms with Gasteiger partial charge in [0.25, 0.3) is 0 Å². The van der Waals surface area contributed by atoms with Gasteiger partial charge in [0.1, 0.15) is 11.6 Å². The number of carbonyl (C=O) groups is 1. The summed E-state index contributed by atoms with van der Waals surface area (Å²) in [5.74, 6) is 0.267. The summed E-state index contributed by atoms with van der Waals surface area (Å²) in [5, 5.41) is 12.8. The number of nitrogens with one attached hydrogen (secondary N) is 3. The molecule has 4 aromatic rings. The molecule has 0 spiro atoms. The van der Waals surface area contributed by atoms with Gasteiger partial charge in [-0.3, -0.25) is 4.79 Å². The third-order valence-corrected chi connectivity index (χ3v) is 7.65. The number of fused-ring (bicyclic) bond motifs is 2. The van der Waals surface area contributed by atoms with E-state index < -0.39 is 0 Å². The second-order valence-electron chi connectivity index (χ2n) is 10.3. The van der Waals surface area contributed by atoms with Crippen LogP contribution < -0.4 is 20.7 Å². The number of amides is 1. The summed E-state index contributed by atoms with van der Waals surface area (Å²) in [4.78, 5) is 19.6. The lowest BCUT2D eigenvalue weighted by Crippen LogP contribution is -2.25. The van der Waals surface area contributed by atoms with Crippen LogP contribution in [0.1, 0.15) is 38.7 Å². The van der Waals surface area contributed by atoms with Crippen molar-refractivity contribution in [2.24, 2.45) is 0 Å². The first-order chi connectivity index (χ1) is 20.9. The zero-order valence-corrected chi connectivity index (χ0v) is 25.9. The van der Waals surface area contributed by atoms with Crippen LogP contribution in [-0.4, -0.2) is 62.2 Å². The summed E-state index contributed by atoms with van der Waals surface area (Å²) in [6.07, 6.45) is 5.80. The highest BCUT2D eigenvalue weighted by Gasteiger charge is 2.15. The Balaban J connectivity index is 1.42. The van der Waals surface area contributed by atoms with Gasteiger partial charge >= 0.3 is 0 Å². The molecule has 3 aromatic carbocycles. The molecular weight excluding hydrogens is 565 g/mol. The van der Waals surface area contributed by atoms with Crippen LogP contribution in [-0.2, 0) is 4.79 Å². The van der Waals surface area contributed by atoms with Crippen molar-refractivity contribution >= 4 is 56.8 Å². The van der Waals surface area contributed by atoms with E-state index in [1.54, 1.807) is 25.3 Å². The molecule has 43 heavy (non-hydrogen) atoms. The largest absolute Gasteiger partial charge is 0.497 e. The maximum Gasteiger partial charge on any atom is 0.243 e. The van der Waals surface area contributed by atoms with Crippen LogP contribution in [0.3, 0.4) is 0 Å². The predicted octanol–water partition coefficient (Wildman–Crippen LogP) is 7.35. The van der Waals surface area contributed by atoms with E-state index in [2.05, 4.69) is 34.7 Å². The molecule has 0 bridgehead atoms. The van der Waals surface area contributed by atoms with Crippen molar-refractivity contribution in [2.75, 3.05) is 57.0 Å². The SMILES string of the molecule is CCN(CC)CCCNc1c2ccc(Cl)cc2nc2c(NCCCCNC(=O)/C=C/c3ccc(F)cc3)cc(OC)cc12. The Kier molecular flexibility index (Phi) is 12.0. The van der Waals surface area contributed by atoms with Crippen LogP contribution >= 0.6 is 11.6 Å². The molecule has 1 heterocycles. The predicted molar refractivity (Wildman–Crippen MR) is 178 cm³/mol. The van der Waals surface area contributed by atoms with Crippen LogP contribution in [0, 0.1) is 5.82 Å². The molecule has 0 fully saturated rings. The van der Waals surface area contributed by atoms with Gasteiger partial charge in [-0.1, -0.05) is 37.6 Å². The third kappa shape index (κ3) is 9.05. The Bertz CT molecular complexity index is 1540. The van der Waals surface area contributed by atoms with Crippen LogP contribution in [0.15, 0.2) is 60.7 Å². The molecule has 7 nitrogen and oxygen atoms in total. The van der Waals surface area contributed by atoms with E-state index in [1.807, 2.05) is 30.3 Å². The zero-order chi connectivity index (χ0) is 30.6. The minimum absolute atomic E-state index is 0.178. The van der Waals surface area contributed by atoms with E-state index in [4.69, 9.17) is 21.3 Å². The van der Waals surface area contributed by atoms with Gasteiger partial charge in [-0.25, -0.2) is 9.37 Å². The Morgan fingerprint density at radius 2 is 1.70 bits per heavy atom. The van der Waals surface area contributed by atoms with Crippen molar-refractivity contribution in [2.45, 2.75) is 33.1 Å². The van der Waals surface area contributed by atoms with E-state index in [0.29, 0.717) is 18.1 Å². The number of aromatic nitrogens is 1. The van der Waals surface area contributed by atoms with Crippen molar-refractivity contribution < 1.29 is 13.9 Å². The highest BCUT2D eigenvalue weighted by Crippen LogP contribution is 2.38. The Morgan fingerprint density at radius 1 is 0.953 bits per heavy atom. The van der Waals surface area contributed by atoms with Gasteiger partial charge in [0, 0.05) is 47.6 Å². The number of carbonyl (C=O) groups excluding carboxylic acids is 1. The molecule has 0 saturated heterocycles. The van der Waals surface area contributed by atoms with Gasteiger partial charge in [-0.05, 0) is 86.9 Å². The lowest BCUT2D eigenvalue weighted by molar-refractivity contribution is -0.116. The number of benzene rings is 3. The van der Waals surface area contributed by atoms with Gasteiger partial charge < -0.3 is 25.6 Å². The third-order valence-electron chi connectivity index (χ3n) is 7.41. The summed E-state index contributed by atoms with van der Waals surface area (Å²) < 4.78 is 18.7. The molecule has 228 valence electrons. The summed E-state index contributed by atoms with van der Waals surface area (Å²) in [7, 11) is 1.67. The molecule has 0 aliphatic heterocycles. The van der Waals surface area contributed by atoms with Crippen LogP contribution in [0.25, 0.3) is 27.9 Å². The summed E-state index contributed by atoms with van der Waals surface area (Å²) in [5.41, 5.74) is 4.35. The molecule has 0 aliphatic carbocycles. The smallest absolute Gasteiger partial charge is 0.243 e. The number of hydrogen-bond acceptors (Lipinski definition) is 6. The first-order valence-electron chi connectivity index (χ1n) is 14.9. The summed E-state index contributed by atoms with van der Waals surface area (Å²) in [6.45, 7) is 9.59. The van der Waals surface area contributed by atoms with Crippen LogP contribution in [0.5, 0.6) is 5.75 Å². The second kappa shape index (κ2) is 16.1. The summed E-state index contributed by atoms with van der Waals surface area (Å²) >= 11 is 6.36. The van der Waals surface area contributed by atoms with Crippen molar-refractivity contribution in [3.05, 3.63) is 77.1 Å². The summed E-state index contributed by atoms with van der Waals surface area (Å²) in [6, 6.07) is 15.8. The van der Waals surface area contributed by atoms with Gasteiger partial charge in [0.05, 0.1) is 29.5 Å². The molecule has 0 aliphatic rings. The maximum absolute atomic E-state index is 13.0. The van der Waals surface area contributed by atoms with Gasteiger partial charge in [-0.15, -0.1) is 0 Å². The minimum Gasteiger partial charge on any atom is -0.497 e. The number of methoxy groups -OCH3 is 1. The lowest BCUT2D eigenvalue weighted by atomic mass is 10.1. The van der Waals surface area contributed by atoms with Crippen molar-refractivity contribution in [3.63, 3.8) is 0 Å². The monoisotopic (exact) mass is 605 g/mol. The van der Waals surface area contributed by atoms with Gasteiger partial charge in [0.2, 0.25) is 5.91 Å². The standard InChI is InChI=1S/C34H41ClFN5O2/c1-4-41(5-2)20-8-19-39-33-28-15-12-25(35)21-30(28)40-34-29(33)22-27(43-3)23-31(34)37-17-6-7-18-38-32(42)16-11-24-9-13-26(36)14-10-24/h9-16,21-23,37H,4-8,17-20H2,1-3H3,(H,38,42)(H,39,40)/b16-11+. The lowest BCUT2D eigenvalue weighted by Gasteiger charge is -2.20. The Morgan fingerprint density at radius 3 is 2.44 bits per heavy atom. The molecule has 1 aromatic heterocycles. The molecule has 9 heteroatoms. The van der Waals surface area contributed by atoms with Crippen LogP contribution in [0.2, 0.25) is 5.02 Å². The first kappa shape index (κ1) is 32.0. The highest BCUT2D eigenvalue weighted by atomic mass is 35.5. The molecule has 0 saturated carbocycles. The number of unbranched alkanes of at least 4 members (excludes halogenated alkanes) is 1. The second-order valence-corrected chi connectivity index (χ2v) is 10.8. The fourth-order valence-corrected chi connectivity index (χ4v) is 5.15. The van der Waals surface area contributed by atoms with Gasteiger partial charge in [-0.2, -0.15) is 0 Å². The number of hydrogen-bond donors (Lipinski definition) is 3. The Labute approximate surface area is 258 Å². The van der Waals surface area contributed by atoms with Crippen LogP contribution in [0.4, 0.5) is 15.8 Å². The molecule has 4 rings (SSSR count). The zero-order valence-electron chi connectivity index (χ0n) is 25.2. The fraction of sp³-hybridized carbons (Fsp3) is 0.353. The van der Waals surface area contributed by atoms with E-state index in [1.165, 1.54) is 18.2 Å².